The van der Waals surface area contributed by atoms with E-state index in [2.05, 4.69) is 10.3 Å². The second-order valence-corrected chi connectivity index (χ2v) is 12.2. The van der Waals surface area contributed by atoms with Gasteiger partial charge in [0.15, 0.2) is 11.5 Å². The molecule has 0 aliphatic carbocycles. The molecular weight excluding hydrogens is 530 g/mol. The molecule has 204 valence electrons. The van der Waals surface area contributed by atoms with Crippen molar-refractivity contribution >= 4 is 27.5 Å². The molecule has 1 amide bonds. The van der Waals surface area contributed by atoms with E-state index in [0.29, 0.717) is 11.5 Å². The fourth-order valence-electron chi connectivity index (χ4n) is 3.99. The number of aliphatic hydroxyl groups excluding tert-OH is 1. The molecule has 4 rings (SSSR count). The van der Waals surface area contributed by atoms with E-state index in [1.807, 2.05) is 44.2 Å². The lowest BCUT2D eigenvalue weighted by Gasteiger charge is -2.30. The fraction of sp³-hybridized carbons (Fsp3) is 0.385. The third-order valence-electron chi connectivity index (χ3n) is 5.84. The molecule has 1 aromatic heterocycles. The molecule has 0 saturated carbocycles. The van der Waals surface area contributed by atoms with Gasteiger partial charge in [-0.25, -0.2) is 13.2 Å². The number of nitrogens with one attached hydrogen (secondary N) is 1. The van der Waals surface area contributed by atoms with Gasteiger partial charge < -0.3 is 24.6 Å². The predicted octanol–water partition coefficient (Wildman–Crippen LogP) is 3.42. The highest BCUT2D eigenvalue weighted by molar-refractivity contribution is 7.89. The Morgan fingerprint density at radius 3 is 2.63 bits per heavy atom. The number of hydrogen-bond acceptors (Lipinski definition) is 9. The second-order valence-electron chi connectivity index (χ2n) is 9.28. The van der Waals surface area contributed by atoms with Crippen LogP contribution in [0.2, 0.25) is 0 Å². The number of aromatic nitrogens is 1. The number of nitrogens with zero attached hydrogens (tertiary/aromatic N) is 2. The first-order chi connectivity index (χ1) is 18.2. The van der Waals surface area contributed by atoms with Gasteiger partial charge in [0.25, 0.3) is 0 Å². The summed E-state index contributed by atoms with van der Waals surface area (Å²) in [6.45, 7) is 3.79. The highest BCUT2D eigenvalue weighted by Crippen LogP contribution is 2.34. The van der Waals surface area contributed by atoms with Crippen LogP contribution in [0.1, 0.15) is 24.3 Å². The number of benzene rings is 2. The first-order valence-corrected chi connectivity index (χ1v) is 14.5. The molecule has 2 N–H and O–H groups in total. The zero-order valence-electron chi connectivity index (χ0n) is 21.1. The molecule has 1 aliphatic heterocycles. The van der Waals surface area contributed by atoms with E-state index >= 15 is 0 Å². The maximum atomic E-state index is 13.6. The van der Waals surface area contributed by atoms with Crippen molar-refractivity contribution in [1.82, 2.24) is 14.6 Å². The van der Waals surface area contributed by atoms with Crippen LogP contribution >= 0.6 is 11.3 Å². The number of sulfonamides is 1. The Hall–Kier alpha value is -3.19. The van der Waals surface area contributed by atoms with Crippen LogP contribution in [-0.2, 0) is 27.8 Å². The van der Waals surface area contributed by atoms with Gasteiger partial charge >= 0.3 is 6.09 Å². The zero-order valence-corrected chi connectivity index (χ0v) is 22.8. The zero-order chi connectivity index (χ0) is 27.1. The van der Waals surface area contributed by atoms with Crippen LogP contribution in [-0.4, -0.2) is 60.9 Å². The van der Waals surface area contributed by atoms with E-state index in [1.54, 1.807) is 17.8 Å². The molecule has 0 fully saturated rings. The summed E-state index contributed by atoms with van der Waals surface area (Å²) < 4.78 is 44.5. The number of ether oxygens (including phenoxy) is 3. The SMILES string of the molecule is CC(C)CN(CC(O)C(Cc1ccccc1)NC(=O)OCc1cncs1)S(=O)(=O)c1ccc2c(c1)OCO2. The van der Waals surface area contributed by atoms with Gasteiger partial charge in [-0.15, -0.1) is 11.3 Å². The maximum Gasteiger partial charge on any atom is 0.407 e. The van der Waals surface area contributed by atoms with Crippen LogP contribution in [0.5, 0.6) is 11.5 Å². The van der Waals surface area contributed by atoms with Crippen molar-refractivity contribution in [1.29, 1.82) is 0 Å². The van der Waals surface area contributed by atoms with Gasteiger partial charge in [-0.1, -0.05) is 44.2 Å². The Kier molecular flexibility index (Phi) is 9.21. The van der Waals surface area contributed by atoms with Gasteiger partial charge in [0.1, 0.15) is 6.61 Å². The molecule has 2 atom stereocenters. The third-order valence-corrected chi connectivity index (χ3v) is 8.42. The number of aliphatic hydroxyl groups is 1. The van der Waals surface area contributed by atoms with Gasteiger partial charge in [0, 0.05) is 25.4 Å². The highest BCUT2D eigenvalue weighted by Gasteiger charge is 2.32. The number of rotatable bonds is 12. The summed E-state index contributed by atoms with van der Waals surface area (Å²) in [6.07, 6.45) is -0.0582. The normalized spacial score (nSPS) is 14.4. The quantitative estimate of drug-likeness (QED) is 0.344. The monoisotopic (exact) mass is 561 g/mol. The molecule has 2 heterocycles. The average Bonchev–Trinajstić information content (AvgIpc) is 3.58. The second kappa shape index (κ2) is 12.6. The number of hydrogen-bond donors (Lipinski definition) is 2. The summed E-state index contributed by atoms with van der Waals surface area (Å²) in [7, 11) is -4.00. The summed E-state index contributed by atoms with van der Waals surface area (Å²) in [5, 5.41) is 14.0. The first-order valence-electron chi connectivity index (χ1n) is 12.1. The maximum absolute atomic E-state index is 13.6. The first kappa shape index (κ1) is 27.8. The number of alkyl carbamates (subject to hydrolysis) is 1. The lowest BCUT2D eigenvalue weighted by atomic mass is 10.0. The van der Waals surface area contributed by atoms with Gasteiger partial charge in [-0.05, 0) is 30.0 Å². The molecule has 38 heavy (non-hydrogen) atoms. The smallest absolute Gasteiger partial charge is 0.407 e. The minimum Gasteiger partial charge on any atom is -0.454 e. The third kappa shape index (κ3) is 7.22. The Bertz CT molecular complexity index is 1300. The Morgan fingerprint density at radius 1 is 1.16 bits per heavy atom. The molecule has 2 unspecified atom stereocenters. The van der Waals surface area contributed by atoms with Crippen LogP contribution in [0.4, 0.5) is 4.79 Å². The largest absolute Gasteiger partial charge is 0.454 e. The van der Waals surface area contributed by atoms with Crippen molar-refractivity contribution in [3.05, 3.63) is 70.7 Å². The van der Waals surface area contributed by atoms with Crippen LogP contribution in [0.3, 0.4) is 0 Å². The van der Waals surface area contributed by atoms with Crippen molar-refractivity contribution in [3.63, 3.8) is 0 Å². The molecule has 0 saturated heterocycles. The van der Waals surface area contributed by atoms with Crippen LogP contribution in [0.15, 0.2) is 65.1 Å². The van der Waals surface area contributed by atoms with E-state index in [4.69, 9.17) is 14.2 Å². The van der Waals surface area contributed by atoms with Crippen molar-refractivity contribution in [2.75, 3.05) is 19.9 Å². The molecule has 0 radical (unpaired) electrons. The minimum atomic E-state index is -4.00. The highest BCUT2D eigenvalue weighted by atomic mass is 32.2. The minimum absolute atomic E-state index is 0.0177. The van der Waals surface area contributed by atoms with Crippen molar-refractivity contribution in [2.24, 2.45) is 5.92 Å². The molecule has 12 heteroatoms. The van der Waals surface area contributed by atoms with Crippen LogP contribution < -0.4 is 14.8 Å². The summed E-state index contributed by atoms with van der Waals surface area (Å²) in [5.74, 6) is 0.808. The number of fused-ring (bicyclic) bond motifs is 1. The van der Waals surface area contributed by atoms with Gasteiger partial charge in [-0.3, -0.25) is 4.98 Å². The number of carbonyl (C=O) groups excluding carboxylic acids is 1. The van der Waals surface area contributed by atoms with E-state index in [1.165, 1.54) is 27.8 Å². The van der Waals surface area contributed by atoms with Gasteiger partial charge in [0.2, 0.25) is 16.8 Å². The van der Waals surface area contributed by atoms with Gasteiger partial charge in [0.05, 0.1) is 27.4 Å². The summed E-state index contributed by atoms with van der Waals surface area (Å²) in [4.78, 5) is 17.4. The summed E-state index contributed by atoms with van der Waals surface area (Å²) >= 11 is 1.36. The topological polar surface area (TPSA) is 127 Å². The molecule has 3 aromatic rings. The fourth-order valence-corrected chi connectivity index (χ4v) is 6.14. The molecular formula is C26H31N3O7S2. The Labute approximate surface area is 226 Å². The van der Waals surface area contributed by atoms with Crippen molar-refractivity contribution < 1.29 is 32.5 Å². The lowest BCUT2D eigenvalue weighted by molar-refractivity contribution is 0.0876. The van der Waals surface area contributed by atoms with Crippen molar-refractivity contribution in [2.45, 2.75) is 43.9 Å². The van der Waals surface area contributed by atoms with Gasteiger partial charge in [-0.2, -0.15) is 4.31 Å². The lowest BCUT2D eigenvalue weighted by Crippen LogP contribution is -2.51. The predicted molar refractivity (Wildman–Crippen MR) is 142 cm³/mol. The summed E-state index contributed by atoms with van der Waals surface area (Å²) in [6, 6.07) is 13.0. The van der Waals surface area contributed by atoms with E-state index in [9.17, 15) is 18.3 Å². The molecule has 10 nitrogen and oxygen atoms in total. The average molecular weight is 562 g/mol. The van der Waals surface area contributed by atoms with Crippen LogP contribution in [0.25, 0.3) is 0 Å². The Balaban J connectivity index is 1.52. The molecule has 1 aliphatic rings. The number of thiazole rings is 1. The Morgan fingerprint density at radius 2 is 1.92 bits per heavy atom. The molecule has 2 aromatic carbocycles. The summed E-state index contributed by atoms with van der Waals surface area (Å²) in [5.41, 5.74) is 2.51. The number of amides is 1. The van der Waals surface area contributed by atoms with E-state index in [0.717, 1.165) is 10.4 Å². The van der Waals surface area contributed by atoms with E-state index < -0.39 is 28.3 Å². The standard InChI is InChI=1S/C26H31N3O7S2/c1-18(2)13-29(38(32,33)21-8-9-24-25(11-21)36-17-35-24)14-23(30)22(10-19-6-4-3-5-7-19)28-26(31)34-15-20-12-27-16-37-20/h3-9,11-12,16,18,22-23,30H,10,13-15,17H2,1-2H3,(H,28,31). The van der Waals surface area contributed by atoms with E-state index in [-0.39, 0.29) is 43.7 Å². The molecule has 0 bridgehead atoms. The number of carbonyl (C=O) groups is 1. The molecule has 0 spiro atoms. The van der Waals surface area contributed by atoms with Crippen molar-refractivity contribution in [3.8, 4) is 11.5 Å². The van der Waals surface area contributed by atoms with Crippen LogP contribution in [0, 0.1) is 5.92 Å².